The number of hydrogen-bond acceptors (Lipinski definition) is 2. The first kappa shape index (κ1) is 11.6. The SMILES string of the molecule is CC(=O)CC(C)C(=O)c1ccc(C)cc1. The molecule has 1 aromatic carbocycles. The van der Waals surface area contributed by atoms with Gasteiger partial charge < -0.3 is 4.79 Å². The Morgan fingerprint density at radius 2 is 1.73 bits per heavy atom. The van der Waals surface area contributed by atoms with Crippen LogP contribution in [0.2, 0.25) is 0 Å². The Hall–Kier alpha value is -1.44. The summed E-state index contributed by atoms with van der Waals surface area (Å²) in [6.07, 6.45) is 0.326. The highest BCUT2D eigenvalue weighted by molar-refractivity contribution is 5.99. The summed E-state index contributed by atoms with van der Waals surface area (Å²) >= 11 is 0. The summed E-state index contributed by atoms with van der Waals surface area (Å²) in [4.78, 5) is 22.7. The molecule has 0 amide bonds. The minimum absolute atomic E-state index is 0.0465. The molecule has 0 fully saturated rings. The minimum Gasteiger partial charge on any atom is -0.300 e. The Bertz CT molecular complexity index is 363. The molecule has 0 N–H and O–H groups in total. The van der Waals surface area contributed by atoms with Crippen LogP contribution in [-0.4, -0.2) is 11.6 Å². The van der Waals surface area contributed by atoms with Gasteiger partial charge in [-0.25, -0.2) is 0 Å². The Morgan fingerprint density at radius 3 is 2.20 bits per heavy atom. The van der Waals surface area contributed by atoms with E-state index >= 15 is 0 Å². The second-order valence-electron chi connectivity index (χ2n) is 4.04. The van der Waals surface area contributed by atoms with Crippen LogP contribution in [0.3, 0.4) is 0 Å². The van der Waals surface area contributed by atoms with Crippen LogP contribution in [0.25, 0.3) is 0 Å². The van der Waals surface area contributed by atoms with Crippen molar-refractivity contribution in [2.24, 2.45) is 5.92 Å². The van der Waals surface area contributed by atoms with E-state index in [0.717, 1.165) is 5.56 Å². The fraction of sp³-hybridized carbons (Fsp3) is 0.385. The summed E-state index contributed by atoms with van der Waals surface area (Å²) < 4.78 is 0. The molecule has 0 bridgehead atoms. The summed E-state index contributed by atoms with van der Waals surface area (Å²) in [6.45, 7) is 5.29. The zero-order chi connectivity index (χ0) is 11.4. The van der Waals surface area contributed by atoms with E-state index in [-0.39, 0.29) is 17.5 Å². The molecule has 0 spiro atoms. The average molecular weight is 204 g/mol. The molecule has 2 nitrogen and oxygen atoms in total. The quantitative estimate of drug-likeness (QED) is 0.707. The number of Topliss-reactive ketones (excluding diaryl/α,β-unsaturated/α-hetero) is 2. The van der Waals surface area contributed by atoms with Gasteiger partial charge in [0.2, 0.25) is 0 Å². The zero-order valence-corrected chi connectivity index (χ0v) is 9.41. The van der Waals surface area contributed by atoms with Crippen molar-refractivity contribution in [1.82, 2.24) is 0 Å². The third kappa shape index (κ3) is 3.31. The van der Waals surface area contributed by atoms with Crippen LogP contribution in [0.1, 0.15) is 36.2 Å². The number of benzene rings is 1. The van der Waals surface area contributed by atoms with Crippen molar-refractivity contribution in [3.05, 3.63) is 35.4 Å². The molecule has 1 aromatic rings. The highest BCUT2D eigenvalue weighted by Gasteiger charge is 2.16. The van der Waals surface area contributed by atoms with E-state index in [1.54, 1.807) is 6.92 Å². The second-order valence-corrected chi connectivity index (χ2v) is 4.04. The van der Waals surface area contributed by atoms with Crippen molar-refractivity contribution in [2.75, 3.05) is 0 Å². The molecule has 1 unspecified atom stereocenters. The molecule has 1 atom stereocenters. The lowest BCUT2D eigenvalue weighted by atomic mass is 9.94. The summed E-state index contributed by atoms with van der Waals surface area (Å²) in [6, 6.07) is 7.45. The number of hydrogen-bond donors (Lipinski definition) is 0. The molecule has 0 saturated heterocycles. The molecular weight excluding hydrogens is 188 g/mol. The minimum atomic E-state index is -0.217. The van der Waals surface area contributed by atoms with Gasteiger partial charge in [0.25, 0.3) is 0 Å². The van der Waals surface area contributed by atoms with Crippen molar-refractivity contribution >= 4 is 11.6 Å². The largest absolute Gasteiger partial charge is 0.300 e. The predicted octanol–water partition coefficient (Wildman–Crippen LogP) is 2.79. The first-order valence-corrected chi connectivity index (χ1v) is 5.11. The fourth-order valence-corrected chi connectivity index (χ4v) is 1.53. The summed E-state index contributed by atoms with van der Waals surface area (Å²) in [5.41, 5.74) is 1.82. The van der Waals surface area contributed by atoms with Crippen LogP contribution in [0.15, 0.2) is 24.3 Å². The van der Waals surface area contributed by atoms with Crippen molar-refractivity contribution < 1.29 is 9.59 Å². The van der Waals surface area contributed by atoms with Crippen LogP contribution in [0.4, 0.5) is 0 Å². The average Bonchev–Trinajstić information content (AvgIpc) is 2.17. The molecule has 0 saturated carbocycles. The Morgan fingerprint density at radius 1 is 1.20 bits per heavy atom. The lowest BCUT2D eigenvalue weighted by Gasteiger charge is -2.08. The smallest absolute Gasteiger partial charge is 0.166 e. The van der Waals surface area contributed by atoms with Gasteiger partial charge in [0, 0.05) is 17.9 Å². The summed E-state index contributed by atoms with van der Waals surface area (Å²) in [7, 11) is 0. The number of carbonyl (C=O) groups is 2. The molecule has 0 aromatic heterocycles. The normalized spacial score (nSPS) is 12.2. The molecular formula is C13H16O2. The van der Waals surface area contributed by atoms with Crippen LogP contribution in [0, 0.1) is 12.8 Å². The lowest BCUT2D eigenvalue weighted by Crippen LogP contribution is -2.14. The maximum Gasteiger partial charge on any atom is 0.166 e. The van der Waals surface area contributed by atoms with Crippen molar-refractivity contribution in [2.45, 2.75) is 27.2 Å². The summed E-state index contributed by atoms with van der Waals surface area (Å²) in [5, 5.41) is 0. The van der Waals surface area contributed by atoms with Gasteiger partial charge in [-0.3, -0.25) is 4.79 Å². The van der Waals surface area contributed by atoms with E-state index in [1.165, 1.54) is 6.92 Å². The van der Waals surface area contributed by atoms with E-state index in [2.05, 4.69) is 0 Å². The first-order valence-electron chi connectivity index (χ1n) is 5.11. The molecule has 0 aliphatic carbocycles. The number of ketones is 2. The van der Waals surface area contributed by atoms with Gasteiger partial charge in [-0.1, -0.05) is 36.8 Å². The van der Waals surface area contributed by atoms with Crippen LogP contribution >= 0.6 is 0 Å². The van der Waals surface area contributed by atoms with Gasteiger partial charge in [-0.15, -0.1) is 0 Å². The van der Waals surface area contributed by atoms with Gasteiger partial charge in [-0.2, -0.15) is 0 Å². The molecule has 0 aliphatic heterocycles. The monoisotopic (exact) mass is 204 g/mol. The van der Waals surface area contributed by atoms with E-state index in [9.17, 15) is 9.59 Å². The first-order chi connectivity index (χ1) is 7.00. The number of rotatable bonds is 4. The van der Waals surface area contributed by atoms with E-state index in [0.29, 0.717) is 12.0 Å². The Kier molecular flexibility index (Phi) is 3.78. The molecule has 0 radical (unpaired) electrons. The fourth-order valence-electron chi connectivity index (χ4n) is 1.53. The van der Waals surface area contributed by atoms with Crippen molar-refractivity contribution in [1.29, 1.82) is 0 Å². The molecule has 15 heavy (non-hydrogen) atoms. The van der Waals surface area contributed by atoms with Crippen molar-refractivity contribution in [3.8, 4) is 0 Å². The maximum absolute atomic E-state index is 11.8. The second kappa shape index (κ2) is 4.87. The standard InChI is InChI=1S/C13H16O2/c1-9-4-6-12(7-5-9)13(15)10(2)8-11(3)14/h4-7,10H,8H2,1-3H3. The third-order valence-corrected chi connectivity index (χ3v) is 2.38. The zero-order valence-electron chi connectivity index (χ0n) is 9.41. The number of carbonyl (C=O) groups excluding carboxylic acids is 2. The van der Waals surface area contributed by atoms with E-state index in [1.807, 2.05) is 31.2 Å². The van der Waals surface area contributed by atoms with E-state index in [4.69, 9.17) is 0 Å². The molecule has 0 aliphatic rings. The van der Waals surface area contributed by atoms with Gasteiger partial charge in [-0.05, 0) is 13.8 Å². The topological polar surface area (TPSA) is 34.1 Å². The van der Waals surface area contributed by atoms with Crippen LogP contribution < -0.4 is 0 Å². The van der Waals surface area contributed by atoms with Gasteiger partial charge >= 0.3 is 0 Å². The van der Waals surface area contributed by atoms with Gasteiger partial charge in [0.1, 0.15) is 5.78 Å². The highest BCUT2D eigenvalue weighted by Crippen LogP contribution is 2.13. The Balaban J connectivity index is 2.76. The highest BCUT2D eigenvalue weighted by atomic mass is 16.1. The van der Waals surface area contributed by atoms with Gasteiger partial charge in [0.05, 0.1) is 0 Å². The lowest BCUT2D eigenvalue weighted by molar-refractivity contribution is -0.117. The maximum atomic E-state index is 11.8. The molecule has 2 heteroatoms. The third-order valence-electron chi connectivity index (χ3n) is 2.38. The van der Waals surface area contributed by atoms with Crippen LogP contribution in [-0.2, 0) is 4.79 Å². The predicted molar refractivity (Wildman–Crippen MR) is 60.0 cm³/mol. The molecule has 80 valence electrons. The summed E-state index contributed by atoms with van der Waals surface area (Å²) in [5.74, 6) is -0.113. The van der Waals surface area contributed by atoms with Gasteiger partial charge in [0.15, 0.2) is 5.78 Å². The molecule has 0 heterocycles. The van der Waals surface area contributed by atoms with Crippen LogP contribution in [0.5, 0.6) is 0 Å². The Labute approximate surface area is 90.3 Å². The number of aryl methyl sites for hydroxylation is 1. The van der Waals surface area contributed by atoms with Crippen molar-refractivity contribution in [3.63, 3.8) is 0 Å². The molecule has 1 rings (SSSR count). The van der Waals surface area contributed by atoms with E-state index < -0.39 is 0 Å².